The molecule has 2 unspecified atom stereocenters. The number of fused-ring (bicyclic) bond motifs is 6. The molecule has 1 saturated heterocycles. The summed E-state index contributed by atoms with van der Waals surface area (Å²) >= 11 is 0. The van der Waals surface area contributed by atoms with Gasteiger partial charge in [0.05, 0.1) is 0 Å². The summed E-state index contributed by atoms with van der Waals surface area (Å²) in [5, 5.41) is 0. The van der Waals surface area contributed by atoms with Crippen molar-refractivity contribution >= 4 is 0 Å². The van der Waals surface area contributed by atoms with Crippen LogP contribution in [0, 0.1) is 0 Å². The van der Waals surface area contributed by atoms with Gasteiger partial charge in [0.2, 0.25) is 0 Å². The van der Waals surface area contributed by atoms with Crippen LogP contribution in [0.3, 0.4) is 0 Å². The molecule has 2 heterocycles. The first-order valence-electron chi connectivity index (χ1n) is 7.74. The average Bonchev–Trinajstić information content (AvgIpc) is 3.02. The Bertz CT molecular complexity index is 528. The molecule has 1 spiro atoms. The number of rotatable bonds is 0. The Balaban J connectivity index is 1.93. The molecule has 4 rings (SSSR count). The lowest BCUT2D eigenvalue weighted by Crippen LogP contribution is -2.57. The summed E-state index contributed by atoms with van der Waals surface area (Å²) in [6, 6.07) is 8.78. The molecular weight excluding hydrogens is 250 g/mol. The van der Waals surface area contributed by atoms with Gasteiger partial charge in [-0.25, -0.2) is 14.7 Å². The summed E-state index contributed by atoms with van der Waals surface area (Å²) in [5.74, 6) is 0. The molecule has 108 valence electrons. The van der Waals surface area contributed by atoms with Crippen LogP contribution < -0.4 is 0 Å². The average molecular weight is 273 g/mol. The molecule has 2 atom stereocenters. The monoisotopic (exact) mass is 273 g/mol. The Hall–Kier alpha value is -0.900. The van der Waals surface area contributed by atoms with E-state index in [2.05, 4.69) is 49.9 Å². The van der Waals surface area contributed by atoms with Gasteiger partial charge >= 0.3 is 0 Å². The second-order valence-corrected chi connectivity index (χ2v) is 7.43. The third kappa shape index (κ3) is 1.51. The van der Waals surface area contributed by atoms with Gasteiger partial charge in [-0.05, 0) is 39.2 Å². The van der Waals surface area contributed by atoms with Gasteiger partial charge in [-0.1, -0.05) is 37.1 Å². The van der Waals surface area contributed by atoms with Crippen molar-refractivity contribution in [2.24, 2.45) is 0 Å². The molecule has 3 nitrogen and oxygen atoms in total. The number of benzene rings is 1. The highest BCUT2D eigenvalue weighted by molar-refractivity contribution is 5.41. The highest BCUT2D eigenvalue weighted by Gasteiger charge is 2.60. The quantitative estimate of drug-likeness (QED) is 0.669. The lowest BCUT2D eigenvalue weighted by Gasteiger charge is -2.49. The van der Waals surface area contributed by atoms with Gasteiger partial charge in [-0.15, -0.1) is 0 Å². The SMILES string of the molecule is CC(C)(C)N1C2OOC1C1(CCCC1)c1ccccc12. The first-order chi connectivity index (χ1) is 9.54. The third-order valence-corrected chi connectivity index (χ3v) is 5.25. The van der Waals surface area contributed by atoms with Crippen LogP contribution >= 0.6 is 0 Å². The second kappa shape index (κ2) is 4.06. The zero-order valence-corrected chi connectivity index (χ0v) is 12.6. The lowest BCUT2D eigenvalue weighted by molar-refractivity contribution is -0.304. The number of hydrogen-bond donors (Lipinski definition) is 0. The first kappa shape index (κ1) is 12.8. The van der Waals surface area contributed by atoms with Crippen LogP contribution in [0.15, 0.2) is 24.3 Å². The number of hydrogen-bond acceptors (Lipinski definition) is 3. The zero-order chi connectivity index (χ0) is 14.0. The summed E-state index contributed by atoms with van der Waals surface area (Å²) in [6.07, 6.45) is 5.00. The van der Waals surface area contributed by atoms with Crippen LogP contribution in [0.25, 0.3) is 0 Å². The zero-order valence-electron chi connectivity index (χ0n) is 12.6. The van der Waals surface area contributed by atoms with E-state index in [0.29, 0.717) is 0 Å². The molecule has 2 bridgehead atoms. The Labute approximate surface area is 120 Å². The standard InChI is InChI=1S/C17H23NO2/c1-16(2,3)18-14-12-8-4-5-9-13(12)17(10-6-7-11-17)15(18)20-19-14/h4-5,8-9,14-15H,6-7,10-11H2,1-3H3. The number of nitrogens with zero attached hydrogens (tertiary/aromatic N) is 1. The molecule has 3 aliphatic rings. The van der Waals surface area contributed by atoms with Gasteiger partial charge < -0.3 is 0 Å². The summed E-state index contributed by atoms with van der Waals surface area (Å²) in [4.78, 5) is 14.0. The minimum absolute atomic E-state index is 0.0367. The normalized spacial score (nSPS) is 31.8. The summed E-state index contributed by atoms with van der Waals surface area (Å²) in [6.45, 7) is 6.75. The fraction of sp³-hybridized carbons (Fsp3) is 0.647. The summed E-state index contributed by atoms with van der Waals surface area (Å²) < 4.78 is 0. The minimum atomic E-state index is -0.0533. The van der Waals surface area contributed by atoms with Crippen molar-refractivity contribution in [1.29, 1.82) is 0 Å². The van der Waals surface area contributed by atoms with Crippen LogP contribution in [0.1, 0.15) is 63.8 Å². The van der Waals surface area contributed by atoms with Crippen molar-refractivity contribution in [1.82, 2.24) is 4.90 Å². The van der Waals surface area contributed by atoms with Gasteiger partial charge in [0.1, 0.15) is 0 Å². The smallest absolute Gasteiger partial charge is 0.174 e. The van der Waals surface area contributed by atoms with Crippen LogP contribution in [0.5, 0.6) is 0 Å². The Morgan fingerprint density at radius 1 is 1.10 bits per heavy atom. The van der Waals surface area contributed by atoms with Crippen LogP contribution in [0.4, 0.5) is 0 Å². The highest BCUT2D eigenvalue weighted by atomic mass is 17.2. The van der Waals surface area contributed by atoms with Gasteiger partial charge in [-0.3, -0.25) is 0 Å². The van der Waals surface area contributed by atoms with Crippen LogP contribution in [0.2, 0.25) is 0 Å². The molecule has 1 aliphatic carbocycles. The van der Waals surface area contributed by atoms with E-state index in [1.165, 1.54) is 36.8 Å². The maximum Gasteiger partial charge on any atom is 0.174 e. The molecule has 1 aromatic rings. The van der Waals surface area contributed by atoms with E-state index in [1.54, 1.807) is 0 Å². The van der Waals surface area contributed by atoms with Crippen molar-refractivity contribution in [2.75, 3.05) is 0 Å². The van der Waals surface area contributed by atoms with E-state index in [4.69, 9.17) is 9.78 Å². The van der Waals surface area contributed by atoms with Gasteiger partial charge in [0.15, 0.2) is 12.5 Å². The third-order valence-electron chi connectivity index (χ3n) is 5.25. The van der Waals surface area contributed by atoms with E-state index >= 15 is 0 Å². The molecule has 3 heteroatoms. The van der Waals surface area contributed by atoms with Crippen LogP contribution in [-0.4, -0.2) is 16.7 Å². The second-order valence-electron chi connectivity index (χ2n) is 7.43. The largest absolute Gasteiger partial charge is 0.237 e. The van der Waals surface area contributed by atoms with Crippen molar-refractivity contribution in [3.05, 3.63) is 35.4 Å². The molecule has 20 heavy (non-hydrogen) atoms. The van der Waals surface area contributed by atoms with E-state index in [0.717, 1.165) is 0 Å². The van der Waals surface area contributed by atoms with E-state index in [-0.39, 0.29) is 23.4 Å². The molecule has 1 aromatic carbocycles. The molecule has 0 N–H and O–H groups in total. The molecule has 2 aliphatic heterocycles. The maximum atomic E-state index is 5.86. The maximum absolute atomic E-state index is 5.86. The van der Waals surface area contributed by atoms with Gasteiger partial charge in [0, 0.05) is 16.5 Å². The Morgan fingerprint density at radius 2 is 1.80 bits per heavy atom. The van der Waals surface area contributed by atoms with E-state index < -0.39 is 0 Å². The predicted octanol–water partition coefficient (Wildman–Crippen LogP) is 3.90. The summed E-state index contributed by atoms with van der Waals surface area (Å²) in [5.41, 5.74) is 2.93. The van der Waals surface area contributed by atoms with Crippen molar-refractivity contribution in [3.63, 3.8) is 0 Å². The molecule has 1 saturated carbocycles. The molecule has 0 aromatic heterocycles. The van der Waals surface area contributed by atoms with Crippen molar-refractivity contribution < 1.29 is 9.78 Å². The van der Waals surface area contributed by atoms with Gasteiger partial charge in [-0.2, -0.15) is 0 Å². The van der Waals surface area contributed by atoms with E-state index in [9.17, 15) is 0 Å². The Morgan fingerprint density at radius 3 is 2.50 bits per heavy atom. The molecule has 0 radical (unpaired) electrons. The first-order valence-corrected chi connectivity index (χ1v) is 7.74. The molecular formula is C17H23NO2. The highest BCUT2D eigenvalue weighted by Crippen LogP contribution is 2.57. The van der Waals surface area contributed by atoms with Crippen LogP contribution in [-0.2, 0) is 15.2 Å². The topological polar surface area (TPSA) is 21.7 Å². The Kier molecular flexibility index (Phi) is 2.60. The van der Waals surface area contributed by atoms with Crippen molar-refractivity contribution in [2.45, 2.75) is 69.9 Å². The molecule has 2 fully saturated rings. The lowest BCUT2D eigenvalue weighted by atomic mass is 9.71. The fourth-order valence-corrected chi connectivity index (χ4v) is 4.41. The minimum Gasteiger partial charge on any atom is -0.237 e. The predicted molar refractivity (Wildman–Crippen MR) is 76.9 cm³/mol. The van der Waals surface area contributed by atoms with Crippen molar-refractivity contribution in [3.8, 4) is 0 Å². The molecule has 0 amide bonds. The fourth-order valence-electron chi connectivity index (χ4n) is 4.41. The van der Waals surface area contributed by atoms with E-state index in [1.807, 2.05) is 0 Å². The van der Waals surface area contributed by atoms with Gasteiger partial charge in [0.25, 0.3) is 0 Å². The summed E-state index contributed by atoms with van der Waals surface area (Å²) in [7, 11) is 0.